The van der Waals surface area contributed by atoms with Crippen LogP contribution in [0.5, 0.6) is 0 Å². The van der Waals surface area contributed by atoms with Gasteiger partial charge in [0, 0.05) is 0 Å². The molecule has 1 aliphatic rings. The molecule has 1 aliphatic carbocycles. The maximum absolute atomic E-state index is 11.7. The van der Waals surface area contributed by atoms with Crippen LogP contribution >= 0.6 is 0 Å². The van der Waals surface area contributed by atoms with Crippen LogP contribution in [0, 0.1) is 0 Å². The van der Waals surface area contributed by atoms with Gasteiger partial charge in [0.05, 0.1) is 15.8 Å². The van der Waals surface area contributed by atoms with Gasteiger partial charge in [0.2, 0.25) is 0 Å². The molecule has 0 atom stereocenters. The lowest BCUT2D eigenvalue weighted by Gasteiger charge is -2.01. The van der Waals surface area contributed by atoms with E-state index >= 15 is 0 Å². The largest absolute Gasteiger partial charge is 0.265 e. The average molecular weight is 209 g/mol. The summed E-state index contributed by atoms with van der Waals surface area (Å²) in [7, 11) is -3.05. The van der Waals surface area contributed by atoms with Crippen molar-refractivity contribution in [3.8, 4) is 0 Å². The summed E-state index contributed by atoms with van der Waals surface area (Å²) in [5.41, 5.74) is 0.694. The first kappa shape index (κ1) is 9.40. The second-order valence-electron chi connectivity index (χ2n) is 3.40. The molecule has 0 unspecified atom stereocenters. The van der Waals surface area contributed by atoms with Crippen molar-refractivity contribution in [1.29, 1.82) is 0 Å². The van der Waals surface area contributed by atoms with Crippen LogP contribution in [-0.4, -0.2) is 20.4 Å². The molecule has 0 N–H and O–H groups in total. The Bertz CT molecular complexity index is 444. The number of nitrogens with zero attached hydrogens (tertiary/aromatic N) is 1. The molecule has 0 amide bonds. The lowest BCUT2D eigenvalue weighted by molar-refractivity contribution is 0.595. The van der Waals surface area contributed by atoms with Gasteiger partial charge in [0.15, 0.2) is 9.84 Å². The molecule has 1 fully saturated rings. The van der Waals surface area contributed by atoms with Gasteiger partial charge >= 0.3 is 0 Å². The summed E-state index contributed by atoms with van der Waals surface area (Å²) in [5, 5.41) is -0.148. The molecule has 0 heterocycles. The van der Waals surface area contributed by atoms with Gasteiger partial charge in [-0.25, -0.2) is 8.42 Å². The topological polar surface area (TPSA) is 46.5 Å². The van der Waals surface area contributed by atoms with E-state index < -0.39 is 9.84 Å². The molecular weight excluding hydrogens is 198 g/mol. The zero-order valence-corrected chi connectivity index (χ0v) is 8.50. The molecule has 1 aromatic rings. The maximum atomic E-state index is 11.7. The highest BCUT2D eigenvalue weighted by Gasteiger charge is 2.36. The van der Waals surface area contributed by atoms with Crippen molar-refractivity contribution in [2.45, 2.75) is 23.0 Å². The Balaban J connectivity index is 2.37. The fraction of sp³-hybridized carbons (Fsp3) is 0.300. The summed E-state index contributed by atoms with van der Waals surface area (Å²) in [4.78, 5) is 4.11. The summed E-state index contributed by atoms with van der Waals surface area (Å²) < 4.78 is 23.5. The fourth-order valence-corrected chi connectivity index (χ4v) is 2.97. The van der Waals surface area contributed by atoms with Gasteiger partial charge in [0.25, 0.3) is 0 Å². The lowest BCUT2D eigenvalue weighted by atomic mass is 10.3. The summed E-state index contributed by atoms with van der Waals surface area (Å²) in [6, 6.07) is 6.53. The number of sulfone groups is 1. The summed E-state index contributed by atoms with van der Waals surface area (Å²) in [6.07, 6.45) is 1.59. The Morgan fingerprint density at radius 1 is 1.21 bits per heavy atom. The van der Waals surface area contributed by atoms with E-state index in [0.717, 1.165) is 12.8 Å². The van der Waals surface area contributed by atoms with E-state index in [1.165, 1.54) is 0 Å². The Labute approximate surface area is 83.4 Å². The van der Waals surface area contributed by atoms with Gasteiger partial charge in [-0.05, 0) is 43.8 Å². The second kappa shape index (κ2) is 3.20. The molecule has 0 aromatic heterocycles. The second-order valence-corrected chi connectivity index (χ2v) is 5.62. The number of hydrogen-bond donors (Lipinski definition) is 0. The SMILES string of the molecule is C=Nc1ccc(S(=O)(=O)C2CC2)cc1. The summed E-state index contributed by atoms with van der Waals surface area (Å²) in [5.74, 6) is 0. The van der Waals surface area contributed by atoms with E-state index in [1.54, 1.807) is 24.3 Å². The van der Waals surface area contributed by atoms with E-state index in [4.69, 9.17) is 0 Å². The number of benzene rings is 1. The maximum Gasteiger partial charge on any atom is 0.181 e. The Hall–Kier alpha value is -1.16. The predicted octanol–water partition coefficient (Wildman–Crippen LogP) is 1.95. The van der Waals surface area contributed by atoms with Crippen molar-refractivity contribution < 1.29 is 8.42 Å². The van der Waals surface area contributed by atoms with Gasteiger partial charge in [-0.2, -0.15) is 0 Å². The van der Waals surface area contributed by atoms with Gasteiger partial charge < -0.3 is 0 Å². The lowest BCUT2D eigenvalue weighted by Crippen LogP contribution is -2.06. The van der Waals surface area contributed by atoms with E-state index in [2.05, 4.69) is 11.7 Å². The molecule has 3 nitrogen and oxygen atoms in total. The highest BCUT2D eigenvalue weighted by Crippen LogP contribution is 2.33. The van der Waals surface area contributed by atoms with Gasteiger partial charge in [-0.3, -0.25) is 4.99 Å². The normalized spacial score (nSPS) is 16.6. The van der Waals surface area contributed by atoms with E-state index in [9.17, 15) is 8.42 Å². The molecule has 0 radical (unpaired) electrons. The van der Waals surface area contributed by atoms with Crippen LogP contribution in [0.25, 0.3) is 0 Å². The van der Waals surface area contributed by atoms with Gasteiger partial charge in [-0.1, -0.05) is 0 Å². The molecule has 0 bridgehead atoms. The third-order valence-corrected chi connectivity index (χ3v) is 4.59. The number of hydrogen-bond acceptors (Lipinski definition) is 3. The summed E-state index contributed by atoms with van der Waals surface area (Å²) in [6.45, 7) is 3.37. The minimum atomic E-state index is -3.05. The van der Waals surface area contributed by atoms with Crippen molar-refractivity contribution in [3.63, 3.8) is 0 Å². The van der Waals surface area contributed by atoms with Crippen LogP contribution in [0.3, 0.4) is 0 Å². The fourth-order valence-electron chi connectivity index (χ4n) is 1.31. The van der Waals surface area contributed by atoms with Crippen LogP contribution in [0.2, 0.25) is 0 Å². The van der Waals surface area contributed by atoms with Crippen molar-refractivity contribution in [2.75, 3.05) is 0 Å². The minimum absolute atomic E-state index is 0.148. The standard InChI is InChI=1S/C10H11NO2S/c1-11-8-2-4-9(5-3-8)14(12,13)10-6-7-10/h2-5,10H,1,6-7H2. The zero-order valence-electron chi connectivity index (χ0n) is 7.68. The van der Waals surface area contributed by atoms with Crippen LogP contribution in [0.1, 0.15) is 12.8 Å². The van der Waals surface area contributed by atoms with Crippen LogP contribution in [-0.2, 0) is 9.84 Å². The Morgan fingerprint density at radius 3 is 2.21 bits per heavy atom. The molecule has 1 aromatic carbocycles. The number of rotatable bonds is 3. The highest BCUT2D eigenvalue weighted by molar-refractivity contribution is 7.92. The van der Waals surface area contributed by atoms with E-state index in [-0.39, 0.29) is 5.25 Å². The third kappa shape index (κ3) is 1.57. The van der Waals surface area contributed by atoms with Crippen molar-refractivity contribution >= 4 is 22.2 Å². The molecule has 74 valence electrons. The summed E-state index contributed by atoms with van der Waals surface area (Å²) >= 11 is 0. The van der Waals surface area contributed by atoms with Crippen molar-refractivity contribution in [2.24, 2.45) is 4.99 Å². The van der Waals surface area contributed by atoms with Gasteiger partial charge in [-0.15, -0.1) is 0 Å². The molecule has 0 saturated heterocycles. The molecule has 0 aliphatic heterocycles. The average Bonchev–Trinajstić information content (AvgIpc) is 3.01. The van der Waals surface area contributed by atoms with E-state index in [0.29, 0.717) is 10.6 Å². The van der Waals surface area contributed by atoms with Crippen molar-refractivity contribution in [1.82, 2.24) is 0 Å². The molecule has 1 saturated carbocycles. The quantitative estimate of drug-likeness (QED) is 0.714. The van der Waals surface area contributed by atoms with E-state index in [1.807, 2.05) is 0 Å². The predicted molar refractivity (Wildman–Crippen MR) is 55.9 cm³/mol. The first-order valence-corrected chi connectivity index (χ1v) is 6.00. The monoisotopic (exact) mass is 209 g/mol. The Morgan fingerprint density at radius 2 is 1.79 bits per heavy atom. The minimum Gasteiger partial charge on any atom is -0.265 e. The first-order valence-electron chi connectivity index (χ1n) is 4.45. The van der Waals surface area contributed by atoms with Crippen LogP contribution in [0.15, 0.2) is 34.2 Å². The highest BCUT2D eigenvalue weighted by atomic mass is 32.2. The molecule has 4 heteroatoms. The van der Waals surface area contributed by atoms with Gasteiger partial charge in [0.1, 0.15) is 0 Å². The smallest absolute Gasteiger partial charge is 0.181 e. The van der Waals surface area contributed by atoms with Crippen LogP contribution < -0.4 is 0 Å². The third-order valence-electron chi connectivity index (χ3n) is 2.31. The Kier molecular flexibility index (Phi) is 2.15. The molecule has 14 heavy (non-hydrogen) atoms. The van der Waals surface area contributed by atoms with Crippen molar-refractivity contribution in [3.05, 3.63) is 24.3 Å². The first-order chi connectivity index (χ1) is 6.64. The van der Waals surface area contributed by atoms with Crippen LogP contribution in [0.4, 0.5) is 5.69 Å². The molecule has 0 spiro atoms. The zero-order chi connectivity index (χ0) is 10.2. The molecule has 2 rings (SSSR count). The molecular formula is C10H11NO2S. The number of aliphatic imine (C=N–C) groups is 1.